The van der Waals surface area contributed by atoms with Crippen LogP contribution in [-0.4, -0.2) is 29.7 Å². The zero-order valence-electron chi connectivity index (χ0n) is 13.5. The van der Waals surface area contributed by atoms with Gasteiger partial charge in [0.25, 0.3) is 0 Å². The third-order valence-corrected chi connectivity index (χ3v) is 6.30. The summed E-state index contributed by atoms with van der Waals surface area (Å²) in [7, 11) is 0. The fourth-order valence-electron chi connectivity index (χ4n) is 2.77. The number of aryl methyl sites for hydroxylation is 1. The zero-order chi connectivity index (χ0) is 16.9. The molecule has 128 valence electrons. The third-order valence-electron chi connectivity index (χ3n) is 3.86. The summed E-state index contributed by atoms with van der Waals surface area (Å²) >= 11 is 9.45. The van der Waals surface area contributed by atoms with Gasteiger partial charge in [-0.25, -0.2) is 4.98 Å². The van der Waals surface area contributed by atoms with E-state index in [-0.39, 0.29) is 5.91 Å². The topological polar surface area (TPSA) is 45.2 Å². The summed E-state index contributed by atoms with van der Waals surface area (Å²) in [5.74, 6) is 0.312. The summed E-state index contributed by atoms with van der Waals surface area (Å²) in [5, 5.41) is 5.70. The number of hydrogen-bond donors (Lipinski definition) is 1. The van der Waals surface area contributed by atoms with Gasteiger partial charge in [0.1, 0.15) is 0 Å². The first-order valence-electron chi connectivity index (χ1n) is 8.02. The summed E-state index contributed by atoms with van der Waals surface area (Å²) in [6, 6.07) is 5.68. The Hall–Kier alpha value is -1.24. The van der Waals surface area contributed by atoms with Crippen molar-refractivity contribution >= 4 is 52.0 Å². The normalized spacial score (nSPS) is 14.7. The van der Waals surface area contributed by atoms with E-state index < -0.39 is 0 Å². The number of anilines is 2. The maximum atomic E-state index is 12.3. The lowest BCUT2D eigenvalue weighted by molar-refractivity contribution is -0.113. The van der Waals surface area contributed by atoms with E-state index in [1.165, 1.54) is 18.2 Å². The summed E-state index contributed by atoms with van der Waals surface area (Å²) < 4.78 is 0.921. The molecule has 0 saturated carbocycles. The van der Waals surface area contributed by atoms with Gasteiger partial charge in [-0.1, -0.05) is 29.4 Å². The molecule has 24 heavy (non-hydrogen) atoms. The van der Waals surface area contributed by atoms with E-state index in [1.807, 2.05) is 30.5 Å². The predicted octanol–water partition coefficient (Wildman–Crippen LogP) is 4.83. The predicted molar refractivity (Wildman–Crippen MR) is 104 cm³/mol. The molecule has 1 aliphatic rings. The van der Waals surface area contributed by atoms with Gasteiger partial charge >= 0.3 is 0 Å². The highest BCUT2D eigenvalue weighted by Gasteiger charge is 2.18. The Labute approximate surface area is 155 Å². The molecule has 1 N–H and O–H groups in total. The molecule has 4 nitrogen and oxygen atoms in total. The van der Waals surface area contributed by atoms with Crippen molar-refractivity contribution in [1.82, 2.24) is 4.98 Å². The standard InChI is InChI=1S/C17H20ClN3OS2/c1-12-10-23-17(19-12)24-11-15(22)20-14-7-5-6-13(18)16(14)21-8-3-2-4-9-21/h5-7,10H,2-4,8-9,11H2,1H3,(H,20,22). The van der Waals surface area contributed by atoms with Crippen LogP contribution in [-0.2, 0) is 4.79 Å². The van der Waals surface area contributed by atoms with E-state index in [9.17, 15) is 4.79 Å². The number of aromatic nitrogens is 1. The van der Waals surface area contributed by atoms with Crippen molar-refractivity contribution in [3.8, 4) is 0 Å². The molecule has 0 aliphatic carbocycles. The van der Waals surface area contributed by atoms with Crippen LogP contribution < -0.4 is 10.2 Å². The Morgan fingerprint density at radius 1 is 1.38 bits per heavy atom. The number of benzene rings is 1. The van der Waals surface area contributed by atoms with Gasteiger partial charge in [0.2, 0.25) is 5.91 Å². The second-order valence-electron chi connectivity index (χ2n) is 5.78. The molecule has 3 rings (SSSR count). The van der Waals surface area contributed by atoms with Crippen LogP contribution in [0.5, 0.6) is 0 Å². The van der Waals surface area contributed by atoms with Crippen LogP contribution in [0, 0.1) is 6.92 Å². The molecule has 0 radical (unpaired) electrons. The highest BCUT2D eigenvalue weighted by molar-refractivity contribution is 8.01. The molecule has 1 aliphatic heterocycles. The fourth-order valence-corrected chi connectivity index (χ4v) is 4.71. The maximum Gasteiger partial charge on any atom is 0.234 e. The number of amides is 1. The van der Waals surface area contributed by atoms with Crippen LogP contribution >= 0.6 is 34.7 Å². The second kappa shape index (κ2) is 8.23. The van der Waals surface area contributed by atoms with Gasteiger partial charge in [0, 0.05) is 24.2 Å². The molecule has 1 aromatic carbocycles. The van der Waals surface area contributed by atoms with E-state index in [2.05, 4.69) is 15.2 Å². The molecule has 1 amide bonds. The number of rotatable bonds is 5. The van der Waals surface area contributed by atoms with Crippen LogP contribution in [0.4, 0.5) is 11.4 Å². The molecular weight excluding hydrogens is 362 g/mol. The van der Waals surface area contributed by atoms with Gasteiger partial charge in [-0.2, -0.15) is 0 Å². The maximum absolute atomic E-state index is 12.3. The zero-order valence-corrected chi connectivity index (χ0v) is 15.9. The highest BCUT2D eigenvalue weighted by Crippen LogP contribution is 2.35. The van der Waals surface area contributed by atoms with Crippen molar-refractivity contribution in [3.05, 3.63) is 34.3 Å². The molecule has 1 fully saturated rings. The van der Waals surface area contributed by atoms with E-state index in [4.69, 9.17) is 11.6 Å². The Balaban J connectivity index is 1.67. The quantitative estimate of drug-likeness (QED) is 0.753. The summed E-state index contributed by atoms with van der Waals surface area (Å²) in [6.45, 7) is 3.93. The third kappa shape index (κ3) is 4.43. The van der Waals surface area contributed by atoms with Gasteiger partial charge in [-0.3, -0.25) is 4.79 Å². The minimum atomic E-state index is -0.0339. The van der Waals surface area contributed by atoms with Crippen molar-refractivity contribution in [3.63, 3.8) is 0 Å². The number of halogens is 1. The number of nitrogens with one attached hydrogen (secondary N) is 1. The van der Waals surface area contributed by atoms with Crippen LogP contribution in [0.15, 0.2) is 27.9 Å². The Kier molecular flexibility index (Phi) is 6.03. The number of nitrogens with zero attached hydrogens (tertiary/aromatic N) is 2. The lowest BCUT2D eigenvalue weighted by Gasteiger charge is -2.31. The molecule has 1 aromatic heterocycles. The van der Waals surface area contributed by atoms with Crippen LogP contribution in [0.2, 0.25) is 5.02 Å². The van der Waals surface area contributed by atoms with Crippen molar-refractivity contribution in [2.45, 2.75) is 30.5 Å². The summed E-state index contributed by atoms with van der Waals surface area (Å²) in [5.41, 5.74) is 2.73. The van der Waals surface area contributed by atoms with Crippen molar-refractivity contribution in [2.24, 2.45) is 0 Å². The average Bonchev–Trinajstić information content (AvgIpc) is 2.99. The van der Waals surface area contributed by atoms with Gasteiger partial charge < -0.3 is 10.2 Å². The highest BCUT2D eigenvalue weighted by atomic mass is 35.5. The van der Waals surface area contributed by atoms with Gasteiger partial charge in [0.05, 0.1) is 22.2 Å². The minimum Gasteiger partial charge on any atom is -0.369 e. The van der Waals surface area contributed by atoms with E-state index in [1.54, 1.807) is 11.3 Å². The molecule has 1 saturated heterocycles. The van der Waals surface area contributed by atoms with Gasteiger partial charge in [-0.05, 0) is 38.3 Å². The number of thioether (sulfide) groups is 1. The lowest BCUT2D eigenvalue weighted by atomic mass is 10.1. The first kappa shape index (κ1) is 17.6. The first-order chi connectivity index (χ1) is 11.6. The number of carbonyl (C=O) groups is 1. The molecule has 2 heterocycles. The van der Waals surface area contributed by atoms with E-state index in [0.29, 0.717) is 10.8 Å². The molecular formula is C17H20ClN3OS2. The first-order valence-corrected chi connectivity index (χ1v) is 10.3. The SMILES string of the molecule is Cc1csc(SCC(=O)Nc2cccc(Cl)c2N2CCCCC2)n1. The Bertz CT molecular complexity index is 714. The molecule has 2 aromatic rings. The Morgan fingerprint density at radius 2 is 2.17 bits per heavy atom. The fraction of sp³-hybridized carbons (Fsp3) is 0.412. The van der Waals surface area contributed by atoms with Crippen molar-refractivity contribution < 1.29 is 4.79 Å². The number of thiazole rings is 1. The Morgan fingerprint density at radius 3 is 2.88 bits per heavy atom. The average molecular weight is 382 g/mol. The lowest BCUT2D eigenvalue weighted by Crippen LogP contribution is -2.30. The van der Waals surface area contributed by atoms with Crippen LogP contribution in [0.3, 0.4) is 0 Å². The van der Waals surface area contributed by atoms with Crippen molar-refractivity contribution in [1.29, 1.82) is 0 Å². The van der Waals surface area contributed by atoms with E-state index >= 15 is 0 Å². The molecule has 0 atom stereocenters. The monoisotopic (exact) mass is 381 g/mol. The number of hydrogen-bond acceptors (Lipinski definition) is 5. The molecule has 0 unspecified atom stereocenters. The molecule has 0 bridgehead atoms. The number of para-hydroxylation sites is 1. The molecule has 7 heteroatoms. The van der Waals surface area contributed by atoms with Crippen LogP contribution in [0.1, 0.15) is 25.0 Å². The van der Waals surface area contributed by atoms with Gasteiger partial charge in [0.15, 0.2) is 4.34 Å². The minimum absolute atomic E-state index is 0.0339. The van der Waals surface area contributed by atoms with Gasteiger partial charge in [-0.15, -0.1) is 11.3 Å². The number of carbonyl (C=O) groups excluding carboxylic acids is 1. The largest absolute Gasteiger partial charge is 0.369 e. The molecule has 0 spiro atoms. The second-order valence-corrected chi connectivity index (χ2v) is 8.26. The number of piperidine rings is 1. The summed E-state index contributed by atoms with van der Waals surface area (Å²) in [4.78, 5) is 19.0. The summed E-state index contributed by atoms with van der Waals surface area (Å²) in [6.07, 6.45) is 3.59. The van der Waals surface area contributed by atoms with Crippen molar-refractivity contribution in [2.75, 3.05) is 29.1 Å². The van der Waals surface area contributed by atoms with E-state index in [0.717, 1.165) is 47.3 Å². The smallest absolute Gasteiger partial charge is 0.234 e. The van der Waals surface area contributed by atoms with Crippen LogP contribution in [0.25, 0.3) is 0 Å².